The molecule has 2 amide bonds. The number of imidazole rings is 1. The number of nitro benzene ring substituents is 1. The highest BCUT2D eigenvalue weighted by Crippen LogP contribution is 2.31. The maximum absolute atomic E-state index is 12.9. The van der Waals surface area contributed by atoms with E-state index in [1.165, 1.54) is 12.1 Å². The number of nitrogens with one attached hydrogen (secondary N) is 2. The third-order valence-electron chi connectivity index (χ3n) is 4.53. The molecule has 0 saturated carbocycles. The van der Waals surface area contributed by atoms with Crippen molar-refractivity contribution in [3.05, 3.63) is 58.1 Å². The van der Waals surface area contributed by atoms with Gasteiger partial charge in [-0.1, -0.05) is 18.2 Å². The van der Waals surface area contributed by atoms with Gasteiger partial charge in [0.15, 0.2) is 0 Å². The molecule has 0 aliphatic carbocycles. The average Bonchev–Trinajstić information content (AvgIpc) is 3.00. The number of non-ortho nitro benzene ring substituents is 1. The third-order valence-corrected chi connectivity index (χ3v) is 4.53. The molecule has 0 radical (unpaired) electrons. The van der Waals surface area contributed by atoms with Crippen LogP contribution in [0.3, 0.4) is 0 Å². The summed E-state index contributed by atoms with van der Waals surface area (Å²) in [5, 5.41) is 16.4. The highest BCUT2D eigenvalue weighted by atomic mass is 16.6. The summed E-state index contributed by atoms with van der Waals surface area (Å²) in [5.74, 6) is -0.435. The largest absolute Gasteiger partial charge is 0.324 e. The highest BCUT2D eigenvalue weighted by molar-refractivity contribution is 6.03. The quantitative estimate of drug-likeness (QED) is 0.546. The van der Waals surface area contributed by atoms with Crippen LogP contribution in [0.15, 0.2) is 42.5 Å². The number of aromatic nitrogens is 2. The van der Waals surface area contributed by atoms with Crippen LogP contribution in [0.1, 0.15) is 18.0 Å². The van der Waals surface area contributed by atoms with Crippen molar-refractivity contribution >= 4 is 40.2 Å². The van der Waals surface area contributed by atoms with E-state index in [4.69, 9.17) is 0 Å². The summed E-state index contributed by atoms with van der Waals surface area (Å²) >= 11 is 0. The molecule has 9 heteroatoms. The van der Waals surface area contributed by atoms with Gasteiger partial charge in [0.1, 0.15) is 6.04 Å². The van der Waals surface area contributed by atoms with E-state index < -0.39 is 16.9 Å². The lowest BCUT2D eigenvalue weighted by molar-refractivity contribution is -0.384. The molecule has 0 spiro atoms. The molecule has 1 aliphatic heterocycles. The fraction of sp³-hybridized carbons (Fsp3) is 0.167. The molecule has 4 rings (SSSR count). The van der Waals surface area contributed by atoms with E-state index in [2.05, 4.69) is 15.6 Å². The van der Waals surface area contributed by atoms with E-state index in [-0.39, 0.29) is 18.0 Å². The van der Waals surface area contributed by atoms with Crippen molar-refractivity contribution in [2.24, 2.45) is 0 Å². The first-order valence-electron chi connectivity index (χ1n) is 8.27. The molecular weight excluding hydrogens is 350 g/mol. The minimum absolute atomic E-state index is 0.0485. The average molecular weight is 365 g/mol. The van der Waals surface area contributed by atoms with Crippen LogP contribution in [0.4, 0.5) is 17.3 Å². The Kier molecular flexibility index (Phi) is 3.84. The van der Waals surface area contributed by atoms with Crippen LogP contribution in [0.2, 0.25) is 0 Å². The topological polar surface area (TPSA) is 119 Å². The number of carbonyl (C=O) groups excluding carboxylic acids is 2. The third kappa shape index (κ3) is 2.88. The molecule has 1 aromatic heterocycles. The number of hydrogen-bond acceptors (Lipinski definition) is 5. The number of hydrogen-bond donors (Lipinski definition) is 2. The first-order chi connectivity index (χ1) is 12.9. The fourth-order valence-electron chi connectivity index (χ4n) is 3.17. The number of nitrogens with zero attached hydrogens (tertiary/aromatic N) is 3. The van der Waals surface area contributed by atoms with Crippen molar-refractivity contribution in [3.8, 4) is 0 Å². The van der Waals surface area contributed by atoms with Gasteiger partial charge < -0.3 is 5.32 Å². The van der Waals surface area contributed by atoms with Gasteiger partial charge in [-0.3, -0.25) is 29.6 Å². The van der Waals surface area contributed by atoms with E-state index >= 15 is 0 Å². The Morgan fingerprint density at radius 3 is 2.89 bits per heavy atom. The first kappa shape index (κ1) is 16.7. The summed E-state index contributed by atoms with van der Waals surface area (Å²) in [7, 11) is 0. The lowest BCUT2D eigenvalue weighted by atomic mass is 10.1. The predicted molar refractivity (Wildman–Crippen MR) is 98.5 cm³/mol. The number of fused-ring (bicyclic) bond motifs is 3. The van der Waals surface area contributed by atoms with E-state index in [0.29, 0.717) is 22.7 Å². The van der Waals surface area contributed by atoms with Gasteiger partial charge in [0.05, 0.1) is 28.1 Å². The number of nitro groups is 1. The molecular formula is C18H15N5O4. The molecule has 0 fully saturated rings. The van der Waals surface area contributed by atoms with Crippen LogP contribution in [-0.2, 0) is 9.59 Å². The zero-order valence-electron chi connectivity index (χ0n) is 14.3. The Balaban J connectivity index is 1.72. The van der Waals surface area contributed by atoms with Crippen molar-refractivity contribution in [3.63, 3.8) is 0 Å². The summed E-state index contributed by atoms with van der Waals surface area (Å²) in [6.45, 7) is 1.74. The maximum Gasteiger partial charge on any atom is 0.271 e. The van der Waals surface area contributed by atoms with E-state index in [0.717, 1.165) is 5.52 Å². The Hall–Kier alpha value is -3.75. The molecule has 0 saturated heterocycles. The zero-order chi connectivity index (χ0) is 19.1. The van der Waals surface area contributed by atoms with Gasteiger partial charge >= 0.3 is 0 Å². The van der Waals surface area contributed by atoms with E-state index in [9.17, 15) is 19.7 Å². The second-order valence-corrected chi connectivity index (χ2v) is 6.31. The molecule has 2 N–H and O–H groups in total. The van der Waals surface area contributed by atoms with Gasteiger partial charge in [-0.2, -0.15) is 0 Å². The zero-order valence-corrected chi connectivity index (χ0v) is 14.3. The minimum atomic E-state index is -0.806. The van der Waals surface area contributed by atoms with Crippen LogP contribution in [-0.4, -0.2) is 26.3 Å². The summed E-state index contributed by atoms with van der Waals surface area (Å²) in [4.78, 5) is 39.8. The Labute approximate surface area is 153 Å². The standard InChI is InChI=1S/C18H15N5O4/c1-10-6-7-11(23(26)27)8-13(10)19-17(25)15-9-16(24)21-18-20-12-4-2-3-5-14(12)22(15)18/h2-8,15H,9H2,1H3,(H,19,25)(H,20,21,24). The van der Waals surface area contributed by atoms with Gasteiger partial charge in [-0.25, -0.2) is 4.98 Å². The van der Waals surface area contributed by atoms with Crippen molar-refractivity contribution in [1.29, 1.82) is 0 Å². The molecule has 9 nitrogen and oxygen atoms in total. The molecule has 1 aliphatic rings. The molecule has 1 atom stereocenters. The number of benzene rings is 2. The fourth-order valence-corrected chi connectivity index (χ4v) is 3.17. The van der Waals surface area contributed by atoms with Crippen LogP contribution in [0.5, 0.6) is 0 Å². The molecule has 2 aromatic carbocycles. The van der Waals surface area contributed by atoms with Crippen molar-refractivity contribution in [1.82, 2.24) is 9.55 Å². The summed E-state index contributed by atoms with van der Waals surface area (Å²) in [5.41, 5.74) is 2.30. The molecule has 136 valence electrons. The first-order valence-corrected chi connectivity index (χ1v) is 8.27. The van der Waals surface area contributed by atoms with Crippen molar-refractivity contribution < 1.29 is 14.5 Å². The van der Waals surface area contributed by atoms with Crippen molar-refractivity contribution in [2.45, 2.75) is 19.4 Å². The number of rotatable bonds is 3. The second-order valence-electron chi connectivity index (χ2n) is 6.31. The number of amides is 2. The van der Waals surface area contributed by atoms with Gasteiger partial charge in [0, 0.05) is 12.1 Å². The number of para-hydroxylation sites is 2. The normalized spacial score (nSPS) is 15.9. The van der Waals surface area contributed by atoms with Gasteiger partial charge in [0.2, 0.25) is 17.8 Å². The Morgan fingerprint density at radius 2 is 2.11 bits per heavy atom. The Morgan fingerprint density at radius 1 is 1.33 bits per heavy atom. The second kappa shape index (κ2) is 6.20. The van der Waals surface area contributed by atoms with Crippen LogP contribution in [0, 0.1) is 17.0 Å². The van der Waals surface area contributed by atoms with Crippen LogP contribution in [0.25, 0.3) is 11.0 Å². The molecule has 0 bridgehead atoms. The number of aryl methyl sites for hydroxylation is 1. The maximum atomic E-state index is 12.9. The highest BCUT2D eigenvalue weighted by Gasteiger charge is 2.33. The smallest absolute Gasteiger partial charge is 0.271 e. The van der Waals surface area contributed by atoms with Gasteiger partial charge in [-0.05, 0) is 24.6 Å². The summed E-state index contributed by atoms with van der Waals surface area (Å²) in [6, 6.07) is 10.7. The monoisotopic (exact) mass is 365 g/mol. The SMILES string of the molecule is Cc1ccc([N+](=O)[O-])cc1NC(=O)C1CC(=O)Nc2nc3ccccc3n21. The predicted octanol–water partition coefficient (Wildman–Crippen LogP) is 2.77. The molecule has 27 heavy (non-hydrogen) atoms. The molecule has 2 heterocycles. The summed E-state index contributed by atoms with van der Waals surface area (Å²) in [6.07, 6.45) is -0.0485. The van der Waals surface area contributed by atoms with Gasteiger partial charge in [0.25, 0.3) is 5.69 Å². The number of carbonyl (C=O) groups is 2. The van der Waals surface area contributed by atoms with Crippen LogP contribution < -0.4 is 10.6 Å². The number of anilines is 2. The minimum Gasteiger partial charge on any atom is -0.324 e. The van der Waals surface area contributed by atoms with E-state index in [1.807, 2.05) is 18.2 Å². The van der Waals surface area contributed by atoms with Crippen molar-refractivity contribution in [2.75, 3.05) is 10.6 Å². The Bertz CT molecular complexity index is 1100. The van der Waals surface area contributed by atoms with Crippen LogP contribution >= 0.6 is 0 Å². The van der Waals surface area contributed by atoms with Gasteiger partial charge in [-0.15, -0.1) is 0 Å². The lowest BCUT2D eigenvalue weighted by Crippen LogP contribution is -2.35. The molecule has 1 unspecified atom stereocenters. The lowest BCUT2D eigenvalue weighted by Gasteiger charge is -2.25. The summed E-state index contributed by atoms with van der Waals surface area (Å²) < 4.78 is 1.68. The molecule has 3 aromatic rings. The van der Waals surface area contributed by atoms with E-state index in [1.54, 1.807) is 23.6 Å².